The van der Waals surface area contributed by atoms with Crippen molar-refractivity contribution in [2.75, 3.05) is 0 Å². The van der Waals surface area contributed by atoms with E-state index in [2.05, 4.69) is 91.8 Å². The van der Waals surface area contributed by atoms with Crippen LogP contribution in [0.25, 0.3) is 22.8 Å². The van der Waals surface area contributed by atoms with Crippen molar-refractivity contribution in [1.82, 2.24) is 19.9 Å². The first kappa shape index (κ1) is 25.2. The Morgan fingerprint density at radius 2 is 0.706 bits per heavy atom. The van der Waals surface area contributed by atoms with Gasteiger partial charge in [0.2, 0.25) is 0 Å². The fourth-order valence-electron chi connectivity index (χ4n) is 3.43. The zero-order chi connectivity index (χ0) is 24.7. The summed E-state index contributed by atoms with van der Waals surface area (Å²) in [6.45, 7) is 14.9. The molecule has 34 heavy (non-hydrogen) atoms. The van der Waals surface area contributed by atoms with Crippen LogP contribution in [0.15, 0.2) is 72.8 Å². The molecule has 0 radical (unpaired) electrons. The molecule has 0 aromatic carbocycles. The van der Waals surface area contributed by atoms with Crippen molar-refractivity contribution < 1.29 is 0 Å². The zero-order valence-corrected chi connectivity index (χ0v) is 21.4. The van der Waals surface area contributed by atoms with Crippen molar-refractivity contribution in [2.45, 2.75) is 66.2 Å². The van der Waals surface area contributed by atoms with Crippen LogP contribution in [0.1, 0.15) is 82.1 Å². The van der Waals surface area contributed by atoms with Crippen LogP contribution in [0.2, 0.25) is 0 Å². The molecule has 4 rings (SSSR count). The fraction of sp³-hybridized carbons (Fsp3) is 0.333. The second-order valence-corrected chi connectivity index (χ2v) is 9.47. The number of nitrogens with zero attached hydrogens (tertiary/aromatic N) is 4. The number of pyridine rings is 4. The Labute approximate surface area is 204 Å². The molecule has 4 heterocycles. The van der Waals surface area contributed by atoms with Crippen molar-refractivity contribution in [3.05, 3.63) is 95.6 Å². The molecule has 0 unspecified atom stereocenters. The van der Waals surface area contributed by atoms with Crippen LogP contribution in [0.5, 0.6) is 0 Å². The summed E-state index contributed by atoms with van der Waals surface area (Å²) in [6, 6.07) is 24.4. The second-order valence-electron chi connectivity index (χ2n) is 9.47. The zero-order valence-electron chi connectivity index (χ0n) is 21.4. The summed E-state index contributed by atoms with van der Waals surface area (Å²) in [5, 5.41) is 0. The van der Waals surface area contributed by atoms with Crippen molar-refractivity contribution in [3.63, 3.8) is 0 Å². The molecule has 0 saturated carbocycles. The van der Waals surface area contributed by atoms with E-state index in [1.54, 1.807) is 0 Å². The van der Waals surface area contributed by atoms with Gasteiger partial charge in [0.05, 0.1) is 22.8 Å². The van der Waals surface area contributed by atoms with Crippen LogP contribution >= 0.6 is 0 Å². The van der Waals surface area contributed by atoms with Crippen LogP contribution in [-0.2, 0) is 0 Å². The molecule has 4 aromatic heterocycles. The Morgan fingerprint density at radius 1 is 0.412 bits per heavy atom. The molecule has 0 saturated heterocycles. The predicted octanol–water partition coefficient (Wildman–Crippen LogP) is 7.97. The standard InChI is InChI=1S/C16H20N2.C14H16N2/c1-11(2)13-7-5-9-15(17-13)16-10-6-8-14(18-16)12(3)4;1-10(2)12-7-5-9-14(16-12)13-8-4-6-11(3)15-13/h5-12H,1-4H3;4-10H,1-3H3. The first-order chi connectivity index (χ1) is 16.2. The van der Waals surface area contributed by atoms with E-state index in [-0.39, 0.29) is 0 Å². The molecule has 0 atom stereocenters. The van der Waals surface area contributed by atoms with Crippen molar-refractivity contribution in [1.29, 1.82) is 0 Å². The monoisotopic (exact) mass is 452 g/mol. The number of hydrogen-bond donors (Lipinski definition) is 0. The van der Waals surface area contributed by atoms with Gasteiger partial charge in [-0.3, -0.25) is 19.9 Å². The van der Waals surface area contributed by atoms with Gasteiger partial charge in [-0.15, -0.1) is 0 Å². The van der Waals surface area contributed by atoms with Crippen molar-refractivity contribution in [3.8, 4) is 22.8 Å². The van der Waals surface area contributed by atoms with Crippen LogP contribution in [0.3, 0.4) is 0 Å². The lowest BCUT2D eigenvalue weighted by molar-refractivity contribution is 0.815. The highest BCUT2D eigenvalue weighted by molar-refractivity contribution is 5.55. The first-order valence-corrected chi connectivity index (χ1v) is 12.1. The minimum atomic E-state index is 0.443. The van der Waals surface area contributed by atoms with Crippen LogP contribution in [0.4, 0.5) is 0 Å². The van der Waals surface area contributed by atoms with Gasteiger partial charge in [-0.1, -0.05) is 65.8 Å². The maximum Gasteiger partial charge on any atom is 0.0889 e. The molecule has 4 aromatic rings. The molecular weight excluding hydrogens is 416 g/mol. The average Bonchev–Trinajstić information content (AvgIpc) is 2.84. The van der Waals surface area contributed by atoms with E-state index in [4.69, 9.17) is 0 Å². The molecule has 0 aliphatic carbocycles. The SMILES string of the molecule is CC(C)c1cccc(-c2cccc(C(C)C)n2)n1.Cc1cccc(-c2cccc(C(C)C)n2)n1. The number of aryl methyl sites for hydroxylation is 1. The van der Waals surface area contributed by atoms with Crippen LogP contribution in [0, 0.1) is 6.92 Å². The van der Waals surface area contributed by atoms with Gasteiger partial charge in [-0.25, -0.2) is 0 Å². The maximum atomic E-state index is 4.68. The summed E-state index contributed by atoms with van der Waals surface area (Å²) >= 11 is 0. The normalized spacial score (nSPS) is 11.0. The van der Waals surface area contributed by atoms with Crippen molar-refractivity contribution in [2.24, 2.45) is 0 Å². The van der Waals surface area contributed by atoms with E-state index in [0.29, 0.717) is 17.8 Å². The lowest BCUT2D eigenvalue weighted by Gasteiger charge is -2.09. The topological polar surface area (TPSA) is 51.6 Å². The molecule has 0 bridgehead atoms. The molecule has 4 nitrogen and oxygen atoms in total. The molecule has 0 aliphatic heterocycles. The summed E-state index contributed by atoms with van der Waals surface area (Å²) < 4.78 is 0. The molecule has 0 aliphatic rings. The van der Waals surface area contributed by atoms with Crippen LogP contribution in [-0.4, -0.2) is 19.9 Å². The molecule has 0 amide bonds. The van der Waals surface area contributed by atoms with Gasteiger partial charge in [0.15, 0.2) is 0 Å². The summed E-state index contributed by atoms with van der Waals surface area (Å²) in [6.07, 6.45) is 0. The van der Waals surface area contributed by atoms with Crippen molar-refractivity contribution >= 4 is 0 Å². The van der Waals surface area contributed by atoms with E-state index in [1.807, 2.05) is 49.4 Å². The Balaban J connectivity index is 0.000000192. The summed E-state index contributed by atoms with van der Waals surface area (Å²) in [5.74, 6) is 1.33. The Kier molecular flexibility index (Phi) is 8.64. The Bertz CT molecular complexity index is 1160. The molecule has 176 valence electrons. The Morgan fingerprint density at radius 3 is 1.00 bits per heavy atom. The third-order valence-corrected chi connectivity index (χ3v) is 5.50. The average molecular weight is 453 g/mol. The molecule has 0 spiro atoms. The largest absolute Gasteiger partial charge is 0.251 e. The van der Waals surface area contributed by atoms with Gasteiger partial charge in [0.1, 0.15) is 0 Å². The highest BCUT2D eigenvalue weighted by atomic mass is 14.8. The summed E-state index contributed by atoms with van der Waals surface area (Å²) in [7, 11) is 0. The van der Waals surface area contributed by atoms with Crippen LogP contribution < -0.4 is 0 Å². The second kappa shape index (κ2) is 11.6. The highest BCUT2D eigenvalue weighted by Gasteiger charge is 2.08. The van der Waals surface area contributed by atoms with E-state index >= 15 is 0 Å². The summed E-state index contributed by atoms with van der Waals surface area (Å²) in [5.41, 5.74) is 8.19. The van der Waals surface area contributed by atoms with E-state index in [9.17, 15) is 0 Å². The minimum Gasteiger partial charge on any atom is -0.251 e. The molecular formula is C30H36N4. The number of rotatable bonds is 5. The van der Waals surface area contributed by atoms with Gasteiger partial charge >= 0.3 is 0 Å². The maximum absolute atomic E-state index is 4.68. The molecule has 0 fully saturated rings. The quantitative estimate of drug-likeness (QED) is 0.308. The number of hydrogen-bond acceptors (Lipinski definition) is 4. The third kappa shape index (κ3) is 6.80. The minimum absolute atomic E-state index is 0.443. The Hall–Kier alpha value is -3.40. The highest BCUT2D eigenvalue weighted by Crippen LogP contribution is 2.21. The predicted molar refractivity (Wildman–Crippen MR) is 142 cm³/mol. The van der Waals surface area contributed by atoms with E-state index in [0.717, 1.165) is 45.6 Å². The van der Waals surface area contributed by atoms with Gasteiger partial charge in [0.25, 0.3) is 0 Å². The molecule has 4 heteroatoms. The molecule has 0 N–H and O–H groups in total. The number of aromatic nitrogens is 4. The fourth-order valence-corrected chi connectivity index (χ4v) is 3.43. The van der Waals surface area contributed by atoms with Gasteiger partial charge in [-0.05, 0) is 73.2 Å². The summed E-state index contributed by atoms with van der Waals surface area (Å²) in [4.78, 5) is 18.5. The lowest BCUT2D eigenvalue weighted by atomic mass is 10.1. The van der Waals surface area contributed by atoms with E-state index in [1.165, 1.54) is 0 Å². The van der Waals surface area contributed by atoms with E-state index < -0.39 is 0 Å². The van der Waals surface area contributed by atoms with Gasteiger partial charge in [0, 0.05) is 22.8 Å². The van der Waals surface area contributed by atoms with Gasteiger partial charge < -0.3 is 0 Å². The van der Waals surface area contributed by atoms with Gasteiger partial charge in [-0.2, -0.15) is 0 Å². The first-order valence-electron chi connectivity index (χ1n) is 12.1. The lowest BCUT2D eigenvalue weighted by Crippen LogP contribution is -1.98. The third-order valence-electron chi connectivity index (χ3n) is 5.50. The smallest absolute Gasteiger partial charge is 0.0889 e.